The first-order valence-corrected chi connectivity index (χ1v) is 8.09. The molecule has 1 fully saturated rings. The molecule has 1 aliphatic heterocycles. The van der Waals surface area contributed by atoms with Gasteiger partial charge in [-0.15, -0.1) is 11.3 Å². The van der Waals surface area contributed by atoms with Crippen LogP contribution < -0.4 is 10.6 Å². The van der Waals surface area contributed by atoms with Crippen molar-refractivity contribution in [2.24, 2.45) is 5.73 Å². The Morgan fingerprint density at radius 2 is 2.05 bits per heavy atom. The molecule has 2 aromatic heterocycles. The Bertz CT molecular complexity index is 720. The molecule has 0 bridgehead atoms. The number of anilines is 1. The molecule has 2 N–H and O–H groups in total. The summed E-state index contributed by atoms with van der Waals surface area (Å²) in [7, 11) is 0. The minimum Gasteiger partial charge on any atom is -0.365 e. The van der Waals surface area contributed by atoms with Crippen molar-refractivity contribution >= 4 is 23.2 Å². The molecule has 1 aliphatic carbocycles. The maximum atomic E-state index is 11.3. The highest BCUT2D eigenvalue weighted by atomic mass is 32.1. The van der Waals surface area contributed by atoms with Gasteiger partial charge in [0.2, 0.25) is 5.95 Å². The Morgan fingerprint density at radius 1 is 1.19 bits per heavy atom. The van der Waals surface area contributed by atoms with Gasteiger partial charge in [-0.3, -0.25) is 4.79 Å². The average Bonchev–Trinajstić information content (AvgIpc) is 3.04. The molecule has 4 rings (SSSR count). The summed E-state index contributed by atoms with van der Waals surface area (Å²) in [5.41, 5.74) is 8.78. The Hall–Kier alpha value is -1.95. The van der Waals surface area contributed by atoms with Crippen molar-refractivity contribution in [3.63, 3.8) is 0 Å². The normalized spacial score (nSPS) is 16.7. The van der Waals surface area contributed by atoms with Gasteiger partial charge in [0.15, 0.2) is 0 Å². The van der Waals surface area contributed by atoms with Gasteiger partial charge in [-0.1, -0.05) is 0 Å². The lowest BCUT2D eigenvalue weighted by Gasteiger charge is -2.31. The standard InChI is InChI=1S/C15H16N4OS/c16-14(20)12-6-5-11(21-12)13-9-3-1-4-10(9)17-15(18-13)19-7-2-8-19/h5-6H,1-4,7-8H2,(H2,16,20). The van der Waals surface area contributed by atoms with Crippen LogP contribution in [0.5, 0.6) is 0 Å². The lowest BCUT2D eigenvalue weighted by molar-refractivity contribution is 0.100. The van der Waals surface area contributed by atoms with E-state index in [2.05, 4.69) is 4.90 Å². The number of rotatable bonds is 3. The molecule has 6 heteroatoms. The van der Waals surface area contributed by atoms with Crippen LogP contribution in [0.4, 0.5) is 5.95 Å². The molecule has 0 aromatic carbocycles. The van der Waals surface area contributed by atoms with Gasteiger partial charge in [-0.2, -0.15) is 0 Å². The molecule has 0 radical (unpaired) electrons. The van der Waals surface area contributed by atoms with Crippen LogP contribution >= 0.6 is 11.3 Å². The van der Waals surface area contributed by atoms with E-state index in [4.69, 9.17) is 15.7 Å². The fourth-order valence-corrected chi connectivity index (χ4v) is 3.75. The number of aryl methyl sites for hydroxylation is 1. The van der Waals surface area contributed by atoms with E-state index in [1.54, 1.807) is 6.07 Å². The second kappa shape index (κ2) is 4.80. The van der Waals surface area contributed by atoms with Gasteiger partial charge in [0.1, 0.15) is 0 Å². The van der Waals surface area contributed by atoms with Crippen LogP contribution in [-0.2, 0) is 12.8 Å². The van der Waals surface area contributed by atoms with Crippen molar-refractivity contribution in [3.8, 4) is 10.6 Å². The lowest BCUT2D eigenvalue weighted by Crippen LogP contribution is -2.38. The number of carbonyl (C=O) groups is 1. The number of aromatic nitrogens is 2. The fourth-order valence-electron chi connectivity index (χ4n) is 2.88. The molecular weight excluding hydrogens is 284 g/mol. The monoisotopic (exact) mass is 300 g/mol. The van der Waals surface area contributed by atoms with E-state index in [-0.39, 0.29) is 5.91 Å². The van der Waals surface area contributed by atoms with Crippen molar-refractivity contribution in [1.82, 2.24) is 9.97 Å². The minimum atomic E-state index is -0.375. The number of thiophene rings is 1. The van der Waals surface area contributed by atoms with E-state index in [1.807, 2.05) is 6.07 Å². The highest BCUT2D eigenvalue weighted by molar-refractivity contribution is 7.17. The number of amides is 1. The van der Waals surface area contributed by atoms with E-state index >= 15 is 0 Å². The Balaban J connectivity index is 1.82. The molecule has 5 nitrogen and oxygen atoms in total. The third-order valence-corrected chi connectivity index (χ3v) is 5.25. The first-order valence-electron chi connectivity index (χ1n) is 7.27. The van der Waals surface area contributed by atoms with E-state index in [1.165, 1.54) is 29.0 Å². The molecule has 0 saturated carbocycles. The van der Waals surface area contributed by atoms with Crippen LogP contribution in [-0.4, -0.2) is 29.0 Å². The number of nitrogens with two attached hydrogens (primary N) is 1. The van der Waals surface area contributed by atoms with Gasteiger partial charge in [0.25, 0.3) is 5.91 Å². The number of hydrogen-bond acceptors (Lipinski definition) is 5. The Morgan fingerprint density at radius 3 is 2.71 bits per heavy atom. The summed E-state index contributed by atoms with van der Waals surface area (Å²) in [5.74, 6) is 0.464. The third-order valence-electron chi connectivity index (χ3n) is 4.14. The van der Waals surface area contributed by atoms with Gasteiger partial charge >= 0.3 is 0 Å². The van der Waals surface area contributed by atoms with Crippen LogP contribution in [0.15, 0.2) is 12.1 Å². The van der Waals surface area contributed by atoms with E-state index in [0.717, 1.165) is 48.9 Å². The predicted octanol–water partition coefficient (Wildman–Crippen LogP) is 2.00. The van der Waals surface area contributed by atoms with Crippen LogP contribution in [0.25, 0.3) is 10.6 Å². The molecule has 1 amide bonds. The zero-order valence-electron chi connectivity index (χ0n) is 11.6. The number of fused-ring (bicyclic) bond motifs is 1. The molecule has 0 unspecified atom stereocenters. The molecular formula is C15H16N4OS. The number of hydrogen-bond donors (Lipinski definition) is 1. The highest BCUT2D eigenvalue weighted by Crippen LogP contribution is 2.35. The molecule has 0 spiro atoms. The third kappa shape index (κ3) is 2.10. The summed E-state index contributed by atoms with van der Waals surface area (Å²) >= 11 is 1.42. The van der Waals surface area contributed by atoms with Gasteiger partial charge in [0.05, 0.1) is 15.4 Å². The maximum Gasteiger partial charge on any atom is 0.258 e. The molecule has 2 aromatic rings. The number of carbonyl (C=O) groups excluding carboxylic acids is 1. The second-order valence-electron chi connectivity index (χ2n) is 5.52. The molecule has 2 aliphatic rings. The van der Waals surface area contributed by atoms with Crippen molar-refractivity contribution in [2.45, 2.75) is 25.7 Å². The first-order chi connectivity index (χ1) is 10.2. The SMILES string of the molecule is NC(=O)c1ccc(-c2nc(N3CCC3)nc3c2CCC3)s1. The van der Waals surface area contributed by atoms with Gasteiger partial charge < -0.3 is 10.6 Å². The van der Waals surface area contributed by atoms with Crippen molar-refractivity contribution < 1.29 is 4.79 Å². The molecule has 1 saturated heterocycles. The van der Waals surface area contributed by atoms with Gasteiger partial charge in [0, 0.05) is 24.3 Å². The molecule has 0 atom stereocenters. The maximum absolute atomic E-state index is 11.3. The Labute approximate surface area is 126 Å². The van der Waals surface area contributed by atoms with E-state index in [0.29, 0.717) is 4.88 Å². The van der Waals surface area contributed by atoms with Gasteiger partial charge in [-0.05, 0) is 37.8 Å². The number of primary amides is 1. The largest absolute Gasteiger partial charge is 0.365 e. The minimum absolute atomic E-state index is 0.375. The summed E-state index contributed by atoms with van der Waals surface area (Å²) < 4.78 is 0. The van der Waals surface area contributed by atoms with Crippen LogP contribution in [0.1, 0.15) is 33.8 Å². The first kappa shape index (κ1) is 12.8. The summed E-state index contributed by atoms with van der Waals surface area (Å²) in [5, 5.41) is 0. The zero-order chi connectivity index (χ0) is 14.4. The molecule has 108 valence electrons. The smallest absolute Gasteiger partial charge is 0.258 e. The van der Waals surface area contributed by atoms with Crippen molar-refractivity contribution in [1.29, 1.82) is 0 Å². The Kier molecular flexibility index (Phi) is 2.92. The van der Waals surface area contributed by atoms with Crippen LogP contribution in [0.2, 0.25) is 0 Å². The highest BCUT2D eigenvalue weighted by Gasteiger charge is 2.25. The van der Waals surface area contributed by atoms with Crippen molar-refractivity contribution in [3.05, 3.63) is 28.3 Å². The zero-order valence-corrected chi connectivity index (χ0v) is 12.4. The topological polar surface area (TPSA) is 72.1 Å². The lowest BCUT2D eigenvalue weighted by atomic mass is 10.1. The summed E-state index contributed by atoms with van der Waals surface area (Å²) in [6.45, 7) is 2.07. The summed E-state index contributed by atoms with van der Waals surface area (Å²) in [6.07, 6.45) is 4.39. The second-order valence-corrected chi connectivity index (χ2v) is 6.60. The molecule has 3 heterocycles. The van der Waals surface area contributed by atoms with E-state index in [9.17, 15) is 4.79 Å². The van der Waals surface area contributed by atoms with Crippen molar-refractivity contribution in [2.75, 3.05) is 18.0 Å². The predicted molar refractivity (Wildman–Crippen MR) is 82.7 cm³/mol. The van der Waals surface area contributed by atoms with Crippen LogP contribution in [0, 0.1) is 0 Å². The summed E-state index contributed by atoms with van der Waals surface area (Å²) in [6, 6.07) is 3.74. The average molecular weight is 300 g/mol. The van der Waals surface area contributed by atoms with Gasteiger partial charge in [-0.25, -0.2) is 9.97 Å². The quantitative estimate of drug-likeness (QED) is 0.941. The number of nitrogens with zero attached hydrogens (tertiary/aromatic N) is 3. The fraction of sp³-hybridized carbons (Fsp3) is 0.400. The van der Waals surface area contributed by atoms with Crippen LogP contribution in [0.3, 0.4) is 0 Å². The summed E-state index contributed by atoms with van der Waals surface area (Å²) in [4.78, 5) is 24.6. The van der Waals surface area contributed by atoms with E-state index < -0.39 is 0 Å². The molecule has 21 heavy (non-hydrogen) atoms.